The molecule has 2 fully saturated rings. The van der Waals surface area contributed by atoms with Crippen LogP contribution in [0.5, 0.6) is 0 Å². The molecule has 0 radical (unpaired) electrons. The smallest absolute Gasteiger partial charge is 0.320 e. The minimum atomic E-state index is -0.242. The Morgan fingerprint density at radius 3 is 2.71 bits per heavy atom. The highest BCUT2D eigenvalue weighted by atomic mass is 16.2. The molecule has 1 aliphatic heterocycles. The SMILES string of the molecule is Cc1cnn(C2CCCC2)c1NC(=O)NC[C@H]1CC(=O)N(c2ccccc2)C1. The Hall–Kier alpha value is -2.83. The lowest BCUT2D eigenvalue weighted by Crippen LogP contribution is -2.35. The zero-order chi connectivity index (χ0) is 19.5. The summed E-state index contributed by atoms with van der Waals surface area (Å²) < 4.78 is 1.96. The number of benzene rings is 1. The molecule has 7 nitrogen and oxygen atoms in total. The van der Waals surface area contributed by atoms with Crippen LogP contribution in [0, 0.1) is 12.8 Å². The summed E-state index contributed by atoms with van der Waals surface area (Å²) in [6, 6.07) is 9.80. The molecule has 1 saturated carbocycles. The van der Waals surface area contributed by atoms with E-state index in [0.29, 0.717) is 25.6 Å². The fourth-order valence-corrected chi connectivity index (χ4v) is 4.19. The van der Waals surface area contributed by atoms with E-state index < -0.39 is 0 Å². The predicted molar refractivity (Wildman–Crippen MR) is 108 cm³/mol. The van der Waals surface area contributed by atoms with Crippen molar-refractivity contribution >= 4 is 23.4 Å². The van der Waals surface area contributed by atoms with E-state index in [9.17, 15) is 9.59 Å². The summed E-state index contributed by atoms with van der Waals surface area (Å²) in [5, 5.41) is 10.4. The van der Waals surface area contributed by atoms with E-state index in [1.165, 1.54) is 12.8 Å². The second kappa shape index (κ2) is 8.04. The molecule has 28 heavy (non-hydrogen) atoms. The van der Waals surface area contributed by atoms with E-state index in [4.69, 9.17) is 0 Å². The number of aromatic nitrogens is 2. The van der Waals surface area contributed by atoms with Gasteiger partial charge in [-0.25, -0.2) is 9.48 Å². The van der Waals surface area contributed by atoms with E-state index >= 15 is 0 Å². The van der Waals surface area contributed by atoms with Crippen LogP contribution in [0.3, 0.4) is 0 Å². The summed E-state index contributed by atoms with van der Waals surface area (Å²) in [5.74, 6) is 0.991. The van der Waals surface area contributed by atoms with Gasteiger partial charge in [-0.3, -0.25) is 10.1 Å². The van der Waals surface area contributed by atoms with Crippen LogP contribution in [0.15, 0.2) is 36.5 Å². The molecule has 1 aliphatic carbocycles. The van der Waals surface area contributed by atoms with Gasteiger partial charge in [0.2, 0.25) is 5.91 Å². The van der Waals surface area contributed by atoms with Crippen molar-refractivity contribution < 1.29 is 9.59 Å². The topological polar surface area (TPSA) is 79.3 Å². The van der Waals surface area contributed by atoms with Crippen LogP contribution >= 0.6 is 0 Å². The Morgan fingerprint density at radius 1 is 1.21 bits per heavy atom. The van der Waals surface area contributed by atoms with Crippen LogP contribution in [0.4, 0.5) is 16.3 Å². The van der Waals surface area contributed by atoms with Gasteiger partial charge in [-0.15, -0.1) is 0 Å². The summed E-state index contributed by atoms with van der Waals surface area (Å²) >= 11 is 0. The van der Waals surface area contributed by atoms with E-state index in [1.807, 2.05) is 41.9 Å². The fourth-order valence-electron chi connectivity index (χ4n) is 4.19. The molecule has 0 unspecified atom stereocenters. The van der Waals surface area contributed by atoms with E-state index in [2.05, 4.69) is 15.7 Å². The number of nitrogens with one attached hydrogen (secondary N) is 2. The van der Waals surface area contributed by atoms with E-state index in [-0.39, 0.29) is 17.9 Å². The number of amides is 3. The Kier molecular flexibility index (Phi) is 5.32. The number of para-hydroxylation sites is 1. The van der Waals surface area contributed by atoms with Crippen LogP contribution in [0.1, 0.15) is 43.7 Å². The number of anilines is 2. The van der Waals surface area contributed by atoms with Crippen LogP contribution in [0.2, 0.25) is 0 Å². The van der Waals surface area contributed by atoms with Gasteiger partial charge < -0.3 is 10.2 Å². The first-order chi connectivity index (χ1) is 13.6. The van der Waals surface area contributed by atoms with Crippen molar-refractivity contribution in [3.05, 3.63) is 42.1 Å². The average molecular weight is 381 g/mol. The zero-order valence-corrected chi connectivity index (χ0v) is 16.2. The first kappa shape index (κ1) is 18.5. The molecule has 2 N–H and O–H groups in total. The first-order valence-electron chi connectivity index (χ1n) is 10.1. The van der Waals surface area contributed by atoms with Crippen molar-refractivity contribution in [1.82, 2.24) is 15.1 Å². The number of aryl methyl sites for hydroxylation is 1. The molecular formula is C21H27N5O2. The number of hydrogen-bond acceptors (Lipinski definition) is 3. The van der Waals surface area contributed by atoms with Gasteiger partial charge >= 0.3 is 6.03 Å². The zero-order valence-electron chi connectivity index (χ0n) is 16.2. The molecule has 2 aromatic rings. The highest BCUT2D eigenvalue weighted by molar-refractivity contribution is 5.96. The molecule has 2 heterocycles. The minimum absolute atomic E-state index is 0.105. The highest BCUT2D eigenvalue weighted by Crippen LogP contribution is 2.32. The van der Waals surface area contributed by atoms with Crippen LogP contribution in [-0.2, 0) is 4.79 Å². The van der Waals surface area contributed by atoms with Crippen LogP contribution < -0.4 is 15.5 Å². The molecular weight excluding hydrogens is 354 g/mol. The molecule has 7 heteroatoms. The molecule has 1 aromatic carbocycles. The minimum Gasteiger partial charge on any atom is -0.337 e. The van der Waals surface area contributed by atoms with E-state index in [0.717, 1.165) is 29.9 Å². The largest absolute Gasteiger partial charge is 0.337 e. The molecule has 0 bridgehead atoms. The lowest BCUT2D eigenvalue weighted by Gasteiger charge is -2.18. The van der Waals surface area contributed by atoms with Gasteiger partial charge in [-0.1, -0.05) is 31.0 Å². The molecule has 1 aromatic heterocycles. The molecule has 2 aliphatic rings. The Labute approximate surface area is 165 Å². The maximum atomic E-state index is 12.5. The number of nitrogens with zero attached hydrogens (tertiary/aromatic N) is 3. The third-order valence-corrected chi connectivity index (χ3v) is 5.71. The highest BCUT2D eigenvalue weighted by Gasteiger charge is 2.30. The van der Waals surface area contributed by atoms with Gasteiger partial charge in [0.25, 0.3) is 0 Å². The maximum absolute atomic E-state index is 12.5. The summed E-state index contributed by atoms with van der Waals surface area (Å²) in [5.41, 5.74) is 1.88. The second-order valence-electron chi connectivity index (χ2n) is 7.80. The lowest BCUT2D eigenvalue weighted by molar-refractivity contribution is -0.117. The number of hydrogen-bond donors (Lipinski definition) is 2. The van der Waals surface area contributed by atoms with Crippen molar-refractivity contribution in [2.45, 2.75) is 45.1 Å². The average Bonchev–Trinajstić information content (AvgIpc) is 3.42. The Morgan fingerprint density at radius 2 is 1.96 bits per heavy atom. The molecule has 148 valence electrons. The number of rotatable bonds is 5. The van der Waals surface area contributed by atoms with Gasteiger partial charge in [0.05, 0.1) is 12.2 Å². The third kappa shape index (κ3) is 3.88. The second-order valence-corrected chi connectivity index (χ2v) is 7.80. The van der Waals surface area contributed by atoms with Gasteiger partial charge in [0.15, 0.2) is 0 Å². The van der Waals surface area contributed by atoms with Crippen molar-refractivity contribution in [3.63, 3.8) is 0 Å². The van der Waals surface area contributed by atoms with Gasteiger partial charge in [0, 0.05) is 36.7 Å². The number of carbonyl (C=O) groups excluding carboxylic acids is 2. The van der Waals surface area contributed by atoms with Gasteiger partial charge in [0.1, 0.15) is 5.82 Å². The predicted octanol–water partition coefficient (Wildman–Crippen LogP) is 3.48. The molecule has 1 saturated heterocycles. The Balaban J connectivity index is 1.32. The quantitative estimate of drug-likeness (QED) is 0.832. The normalized spacial score (nSPS) is 20.0. The lowest BCUT2D eigenvalue weighted by atomic mass is 10.1. The third-order valence-electron chi connectivity index (χ3n) is 5.71. The van der Waals surface area contributed by atoms with E-state index in [1.54, 1.807) is 11.1 Å². The Bertz CT molecular complexity index is 842. The monoisotopic (exact) mass is 381 g/mol. The van der Waals surface area contributed by atoms with Crippen molar-refractivity contribution in [1.29, 1.82) is 0 Å². The maximum Gasteiger partial charge on any atom is 0.320 e. The molecule has 4 rings (SSSR count). The number of carbonyl (C=O) groups is 2. The standard InChI is InChI=1S/C21H27N5O2/c1-15-12-23-26(18-9-5-6-10-18)20(15)24-21(28)22-13-16-11-19(27)25(14-16)17-7-3-2-4-8-17/h2-4,7-8,12,16,18H,5-6,9-11,13-14H2,1H3,(H2,22,24,28)/t16-/m1/s1. The summed E-state index contributed by atoms with van der Waals surface area (Å²) in [6.45, 7) is 3.06. The van der Waals surface area contributed by atoms with Crippen LogP contribution in [-0.4, -0.2) is 34.8 Å². The molecule has 3 amide bonds. The summed E-state index contributed by atoms with van der Waals surface area (Å²) in [6.07, 6.45) is 6.90. The summed E-state index contributed by atoms with van der Waals surface area (Å²) in [7, 11) is 0. The van der Waals surface area contributed by atoms with Crippen molar-refractivity contribution in [2.24, 2.45) is 5.92 Å². The van der Waals surface area contributed by atoms with Crippen LogP contribution in [0.25, 0.3) is 0 Å². The fraction of sp³-hybridized carbons (Fsp3) is 0.476. The number of urea groups is 1. The van der Waals surface area contributed by atoms with Crippen molar-refractivity contribution in [3.8, 4) is 0 Å². The van der Waals surface area contributed by atoms with Gasteiger partial charge in [-0.05, 0) is 31.9 Å². The first-order valence-corrected chi connectivity index (χ1v) is 10.1. The van der Waals surface area contributed by atoms with Gasteiger partial charge in [-0.2, -0.15) is 5.10 Å². The molecule has 1 atom stereocenters. The van der Waals surface area contributed by atoms with Crippen molar-refractivity contribution in [2.75, 3.05) is 23.3 Å². The molecule has 0 spiro atoms. The summed E-state index contributed by atoms with van der Waals surface area (Å²) in [4.78, 5) is 26.6.